The number of fused-ring (bicyclic) bond motifs is 1. The minimum atomic E-state index is -0.501. The van der Waals surface area contributed by atoms with Crippen LogP contribution in [0.2, 0.25) is 0 Å². The Balaban J connectivity index is 2.06. The maximum absolute atomic E-state index is 13.2. The third-order valence-electron chi connectivity index (χ3n) is 4.75. The molecule has 0 aliphatic rings. The summed E-state index contributed by atoms with van der Waals surface area (Å²) in [5, 5.41) is 12.1. The summed E-state index contributed by atoms with van der Waals surface area (Å²) < 4.78 is 1.48. The molecule has 0 fully saturated rings. The minimum Gasteiger partial charge on any atom is -0.384 e. The van der Waals surface area contributed by atoms with Gasteiger partial charge in [-0.1, -0.05) is 60.7 Å². The van der Waals surface area contributed by atoms with E-state index in [-0.39, 0.29) is 23.2 Å². The fourth-order valence-electron chi connectivity index (χ4n) is 3.40. The zero-order chi connectivity index (χ0) is 19.7. The van der Waals surface area contributed by atoms with E-state index in [9.17, 15) is 14.9 Å². The van der Waals surface area contributed by atoms with Crippen molar-refractivity contribution in [2.24, 2.45) is 0 Å². The van der Waals surface area contributed by atoms with Gasteiger partial charge in [0.25, 0.3) is 11.2 Å². The number of nitrogens with zero attached hydrogens (tertiary/aromatic N) is 2. The molecule has 138 valence electrons. The Bertz CT molecular complexity index is 1230. The van der Waals surface area contributed by atoms with Crippen molar-refractivity contribution in [1.29, 1.82) is 0 Å². The number of hydrogen-bond acceptors (Lipinski definition) is 4. The number of nitrogens with two attached hydrogens (primary N) is 1. The highest BCUT2D eigenvalue weighted by Gasteiger charge is 2.19. The number of non-ortho nitro benzene ring substituents is 1. The Labute approximate surface area is 160 Å². The van der Waals surface area contributed by atoms with E-state index >= 15 is 0 Å². The predicted molar refractivity (Wildman–Crippen MR) is 110 cm³/mol. The summed E-state index contributed by atoms with van der Waals surface area (Å²) in [7, 11) is 0. The number of pyridine rings is 1. The van der Waals surface area contributed by atoms with Crippen molar-refractivity contribution in [1.82, 2.24) is 4.57 Å². The van der Waals surface area contributed by atoms with Crippen LogP contribution < -0.4 is 11.3 Å². The lowest BCUT2D eigenvalue weighted by molar-refractivity contribution is -0.384. The van der Waals surface area contributed by atoms with Crippen LogP contribution in [0.25, 0.3) is 21.9 Å². The lowest BCUT2D eigenvalue weighted by atomic mass is 9.98. The molecule has 0 atom stereocenters. The van der Waals surface area contributed by atoms with Gasteiger partial charge in [0.1, 0.15) is 5.82 Å². The highest BCUT2D eigenvalue weighted by atomic mass is 16.6. The van der Waals surface area contributed by atoms with E-state index in [0.29, 0.717) is 16.8 Å². The lowest BCUT2D eigenvalue weighted by Gasteiger charge is -2.17. The molecule has 28 heavy (non-hydrogen) atoms. The van der Waals surface area contributed by atoms with Crippen LogP contribution in [0.15, 0.2) is 83.7 Å². The van der Waals surface area contributed by atoms with E-state index in [4.69, 9.17) is 5.73 Å². The Kier molecular flexibility index (Phi) is 4.37. The lowest BCUT2D eigenvalue weighted by Crippen LogP contribution is -2.24. The van der Waals surface area contributed by atoms with Gasteiger partial charge in [0.15, 0.2) is 0 Å². The van der Waals surface area contributed by atoms with Crippen LogP contribution in [0.5, 0.6) is 0 Å². The third kappa shape index (κ3) is 3.01. The van der Waals surface area contributed by atoms with Crippen LogP contribution in [0.3, 0.4) is 0 Å². The summed E-state index contributed by atoms with van der Waals surface area (Å²) in [6, 6.07) is 23.3. The standard InChI is InChI=1S/C22H17N3O3/c23-21-20(16-9-5-2-6-10-16)18-12-11-17(25(27)28)13-19(18)22(26)24(21)14-15-7-3-1-4-8-15/h1-13H,14,23H2. The van der Waals surface area contributed by atoms with Gasteiger partial charge in [-0.05, 0) is 22.6 Å². The predicted octanol–water partition coefficient (Wildman–Crippen LogP) is 4.21. The number of nitro benzene ring substituents is 1. The van der Waals surface area contributed by atoms with Gasteiger partial charge in [0.05, 0.1) is 16.9 Å². The number of hydrogen-bond donors (Lipinski definition) is 1. The largest absolute Gasteiger partial charge is 0.384 e. The molecule has 2 N–H and O–H groups in total. The molecular formula is C22H17N3O3. The van der Waals surface area contributed by atoms with Crippen LogP contribution >= 0.6 is 0 Å². The van der Waals surface area contributed by atoms with Crippen molar-refractivity contribution >= 4 is 22.3 Å². The summed E-state index contributed by atoms with van der Waals surface area (Å²) >= 11 is 0. The molecule has 0 saturated heterocycles. The Hall–Kier alpha value is -3.93. The van der Waals surface area contributed by atoms with Gasteiger partial charge in [0, 0.05) is 17.7 Å². The van der Waals surface area contributed by atoms with Crippen LogP contribution in [-0.4, -0.2) is 9.49 Å². The molecular weight excluding hydrogens is 354 g/mol. The maximum Gasteiger partial charge on any atom is 0.270 e. The molecule has 0 radical (unpaired) electrons. The third-order valence-corrected chi connectivity index (χ3v) is 4.75. The van der Waals surface area contributed by atoms with E-state index in [0.717, 1.165) is 11.1 Å². The number of nitro groups is 1. The molecule has 1 heterocycles. The summed E-state index contributed by atoms with van der Waals surface area (Å²) in [4.78, 5) is 23.9. The zero-order valence-electron chi connectivity index (χ0n) is 14.9. The molecule has 4 aromatic rings. The number of aromatic nitrogens is 1. The molecule has 0 amide bonds. The number of benzene rings is 3. The molecule has 3 aromatic carbocycles. The first-order valence-electron chi connectivity index (χ1n) is 8.76. The molecule has 1 aromatic heterocycles. The number of rotatable bonds is 4. The second kappa shape index (κ2) is 7.00. The van der Waals surface area contributed by atoms with Gasteiger partial charge < -0.3 is 5.73 Å². The molecule has 0 aliphatic heterocycles. The quantitative estimate of drug-likeness (QED) is 0.430. The Morgan fingerprint density at radius 3 is 2.18 bits per heavy atom. The summed E-state index contributed by atoms with van der Waals surface area (Å²) in [5.41, 5.74) is 8.44. The van der Waals surface area contributed by atoms with E-state index in [1.54, 1.807) is 6.07 Å². The summed E-state index contributed by atoms with van der Waals surface area (Å²) in [6.07, 6.45) is 0. The monoisotopic (exact) mass is 371 g/mol. The number of nitrogen functional groups attached to an aromatic ring is 1. The highest BCUT2D eigenvalue weighted by molar-refractivity contribution is 6.01. The normalized spacial score (nSPS) is 10.9. The SMILES string of the molecule is Nc1c(-c2ccccc2)c2ccc([N+](=O)[O-])cc2c(=O)n1Cc1ccccc1. The molecule has 0 aliphatic carbocycles. The molecule has 0 spiro atoms. The Morgan fingerprint density at radius 2 is 1.54 bits per heavy atom. The van der Waals surface area contributed by atoms with Crippen molar-refractivity contribution in [3.8, 4) is 11.1 Å². The van der Waals surface area contributed by atoms with Crippen LogP contribution in [0, 0.1) is 10.1 Å². The van der Waals surface area contributed by atoms with Gasteiger partial charge in [-0.2, -0.15) is 0 Å². The van der Waals surface area contributed by atoms with Crippen molar-refractivity contribution in [3.05, 3.63) is 105 Å². The van der Waals surface area contributed by atoms with E-state index < -0.39 is 4.92 Å². The fraction of sp³-hybridized carbons (Fsp3) is 0.0455. The van der Waals surface area contributed by atoms with Crippen LogP contribution in [0.1, 0.15) is 5.56 Å². The average Bonchev–Trinajstić information content (AvgIpc) is 2.72. The molecule has 0 saturated carbocycles. The summed E-state index contributed by atoms with van der Waals surface area (Å²) in [6.45, 7) is 0.282. The fourth-order valence-corrected chi connectivity index (χ4v) is 3.40. The van der Waals surface area contributed by atoms with Gasteiger partial charge in [-0.15, -0.1) is 0 Å². The van der Waals surface area contributed by atoms with Gasteiger partial charge >= 0.3 is 0 Å². The van der Waals surface area contributed by atoms with Crippen molar-refractivity contribution < 1.29 is 4.92 Å². The van der Waals surface area contributed by atoms with Gasteiger partial charge in [-0.3, -0.25) is 19.5 Å². The molecule has 6 heteroatoms. The first kappa shape index (κ1) is 17.5. The van der Waals surface area contributed by atoms with Crippen molar-refractivity contribution in [2.75, 3.05) is 5.73 Å². The van der Waals surface area contributed by atoms with Crippen LogP contribution in [-0.2, 0) is 6.54 Å². The smallest absolute Gasteiger partial charge is 0.270 e. The second-order valence-electron chi connectivity index (χ2n) is 6.49. The molecule has 4 rings (SSSR count). The van der Waals surface area contributed by atoms with Gasteiger partial charge in [-0.25, -0.2) is 0 Å². The van der Waals surface area contributed by atoms with E-state index in [1.165, 1.54) is 16.7 Å². The molecule has 0 unspecified atom stereocenters. The summed E-state index contributed by atoms with van der Waals surface area (Å²) in [5.74, 6) is 0.335. The maximum atomic E-state index is 13.2. The molecule has 0 bridgehead atoms. The average molecular weight is 371 g/mol. The number of anilines is 1. The van der Waals surface area contributed by atoms with Crippen molar-refractivity contribution in [3.63, 3.8) is 0 Å². The minimum absolute atomic E-state index is 0.125. The zero-order valence-corrected chi connectivity index (χ0v) is 14.9. The van der Waals surface area contributed by atoms with E-state index in [1.807, 2.05) is 60.7 Å². The second-order valence-corrected chi connectivity index (χ2v) is 6.49. The van der Waals surface area contributed by atoms with E-state index in [2.05, 4.69) is 0 Å². The first-order chi connectivity index (χ1) is 13.6. The highest BCUT2D eigenvalue weighted by Crippen LogP contribution is 2.34. The van der Waals surface area contributed by atoms with Crippen molar-refractivity contribution in [2.45, 2.75) is 6.54 Å². The molecule has 6 nitrogen and oxygen atoms in total. The Morgan fingerprint density at radius 1 is 0.893 bits per heavy atom. The van der Waals surface area contributed by atoms with Crippen LogP contribution in [0.4, 0.5) is 11.5 Å². The topological polar surface area (TPSA) is 91.2 Å². The van der Waals surface area contributed by atoms with Gasteiger partial charge in [0.2, 0.25) is 0 Å². The first-order valence-corrected chi connectivity index (χ1v) is 8.76.